The maximum absolute atomic E-state index is 12.9. The minimum absolute atomic E-state index is 0.0506. The van der Waals surface area contributed by atoms with Crippen LogP contribution in [0.5, 0.6) is 0 Å². The van der Waals surface area contributed by atoms with E-state index in [0.717, 1.165) is 35.4 Å². The van der Waals surface area contributed by atoms with Crippen LogP contribution < -0.4 is 0 Å². The Morgan fingerprint density at radius 2 is 1.61 bits per heavy atom. The van der Waals surface area contributed by atoms with Crippen LogP contribution in [0.25, 0.3) is 12.2 Å². The molecule has 0 radical (unpaired) electrons. The van der Waals surface area contributed by atoms with Crippen molar-refractivity contribution in [1.82, 2.24) is 0 Å². The minimum atomic E-state index is -3.10. The summed E-state index contributed by atoms with van der Waals surface area (Å²) in [5.74, 6) is 0. The molecule has 0 amide bonds. The van der Waals surface area contributed by atoms with Gasteiger partial charge in [-0.05, 0) is 67.7 Å². The fraction of sp³-hybridized carbons (Fsp3) is 0.586. The quantitative estimate of drug-likeness (QED) is 0.241. The molecule has 1 aliphatic rings. The second-order valence-corrected chi connectivity index (χ2v) is 13.4. The Morgan fingerprint density at radius 3 is 2.22 bits per heavy atom. The van der Waals surface area contributed by atoms with Gasteiger partial charge in [0.25, 0.3) is 0 Å². The lowest BCUT2D eigenvalue weighted by atomic mass is 9.91. The number of rotatable bonds is 13. The predicted molar refractivity (Wildman–Crippen MR) is 151 cm³/mol. The molecular formula is C29H43O5PS. The molecule has 2 aromatic rings. The molecule has 36 heavy (non-hydrogen) atoms. The molecule has 1 aromatic heterocycles. The van der Waals surface area contributed by atoms with Crippen molar-refractivity contribution in [3.63, 3.8) is 0 Å². The fourth-order valence-electron chi connectivity index (χ4n) is 4.40. The molecule has 0 N–H and O–H groups in total. The maximum Gasteiger partial charge on any atom is 0.335 e. The van der Waals surface area contributed by atoms with Gasteiger partial charge in [-0.2, -0.15) is 0 Å². The van der Waals surface area contributed by atoms with Crippen LogP contribution >= 0.6 is 18.9 Å². The topological polar surface area (TPSA) is 54.0 Å². The van der Waals surface area contributed by atoms with E-state index in [0.29, 0.717) is 32.6 Å². The standard InChI is InChI=1S/C29H43O5PS/c1-7-11-22-18-27(28-31-20-29(5,6)21-32-28)24(12-8-2)17-23(22)13-14-25-15-16-26(36-25)19-35(30,33-9-3)34-10-4/h13-18,28H,7-12,19-21H2,1-6H3. The smallest absolute Gasteiger partial charge is 0.335 e. The van der Waals surface area contributed by atoms with E-state index in [1.807, 2.05) is 19.9 Å². The van der Waals surface area contributed by atoms with E-state index in [1.54, 1.807) is 11.3 Å². The molecule has 1 saturated heterocycles. The predicted octanol–water partition coefficient (Wildman–Crippen LogP) is 8.66. The Balaban J connectivity index is 1.85. The molecule has 0 bridgehead atoms. The summed E-state index contributed by atoms with van der Waals surface area (Å²) >= 11 is 1.63. The van der Waals surface area contributed by atoms with Crippen LogP contribution in [-0.4, -0.2) is 26.4 Å². The van der Waals surface area contributed by atoms with Crippen molar-refractivity contribution >= 4 is 31.1 Å². The molecule has 7 heteroatoms. The summed E-state index contributed by atoms with van der Waals surface area (Å²) in [5.41, 5.74) is 5.07. The Kier molecular flexibility index (Phi) is 11.0. The lowest BCUT2D eigenvalue weighted by Gasteiger charge is -2.35. The zero-order chi connectivity index (χ0) is 26.2. The van der Waals surface area contributed by atoms with Crippen molar-refractivity contribution in [2.45, 2.75) is 79.7 Å². The first kappa shape index (κ1) is 29.3. The van der Waals surface area contributed by atoms with E-state index >= 15 is 0 Å². The maximum atomic E-state index is 12.9. The monoisotopic (exact) mass is 534 g/mol. The molecule has 1 fully saturated rings. The van der Waals surface area contributed by atoms with Crippen molar-refractivity contribution in [2.24, 2.45) is 5.41 Å². The van der Waals surface area contributed by atoms with Crippen LogP contribution in [0.15, 0.2) is 24.3 Å². The molecule has 0 saturated carbocycles. The number of aryl methyl sites for hydroxylation is 2. The van der Waals surface area contributed by atoms with Gasteiger partial charge in [0.15, 0.2) is 6.29 Å². The van der Waals surface area contributed by atoms with E-state index in [1.165, 1.54) is 22.3 Å². The highest BCUT2D eigenvalue weighted by molar-refractivity contribution is 7.53. The van der Waals surface area contributed by atoms with Gasteiger partial charge in [-0.3, -0.25) is 4.57 Å². The fourth-order valence-corrected chi connectivity index (χ4v) is 7.37. The molecule has 0 unspecified atom stereocenters. The van der Waals surface area contributed by atoms with Crippen LogP contribution in [0.2, 0.25) is 0 Å². The molecule has 0 spiro atoms. The lowest BCUT2D eigenvalue weighted by molar-refractivity contribution is -0.226. The third kappa shape index (κ3) is 8.11. The van der Waals surface area contributed by atoms with E-state index in [-0.39, 0.29) is 11.7 Å². The van der Waals surface area contributed by atoms with Gasteiger partial charge in [0.1, 0.15) is 0 Å². The summed E-state index contributed by atoms with van der Waals surface area (Å²) in [7, 11) is -3.10. The SMILES string of the molecule is CCCc1cc(C2OCC(C)(C)CO2)c(CCC)cc1C=Cc1ccc(CP(=O)(OCC)OCC)s1. The molecule has 1 aromatic carbocycles. The van der Waals surface area contributed by atoms with Crippen molar-refractivity contribution in [1.29, 1.82) is 0 Å². The lowest BCUT2D eigenvalue weighted by Crippen LogP contribution is -2.34. The van der Waals surface area contributed by atoms with Gasteiger partial charge < -0.3 is 18.5 Å². The van der Waals surface area contributed by atoms with Crippen molar-refractivity contribution < 1.29 is 23.1 Å². The summed E-state index contributed by atoms with van der Waals surface area (Å²) in [6, 6.07) is 8.72. The van der Waals surface area contributed by atoms with Gasteiger partial charge in [-0.1, -0.05) is 52.7 Å². The Hall–Kier alpha value is -1.27. The average Bonchev–Trinajstić information content (AvgIpc) is 3.26. The normalized spacial score (nSPS) is 16.7. The van der Waals surface area contributed by atoms with Crippen molar-refractivity contribution in [3.05, 3.63) is 56.3 Å². The van der Waals surface area contributed by atoms with Gasteiger partial charge >= 0.3 is 7.60 Å². The third-order valence-corrected chi connectivity index (χ3v) is 9.35. The average molecular weight is 535 g/mol. The number of thiophene rings is 1. The van der Waals surface area contributed by atoms with Crippen LogP contribution in [0.4, 0.5) is 0 Å². The van der Waals surface area contributed by atoms with Gasteiger partial charge in [0.2, 0.25) is 0 Å². The Morgan fingerprint density at radius 1 is 0.972 bits per heavy atom. The van der Waals surface area contributed by atoms with Crippen molar-refractivity contribution in [3.8, 4) is 0 Å². The molecule has 0 atom stereocenters. The summed E-state index contributed by atoms with van der Waals surface area (Å²) in [5, 5.41) is 0. The molecule has 1 aliphatic heterocycles. The zero-order valence-corrected chi connectivity index (χ0v) is 24.5. The molecule has 2 heterocycles. The van der Waals surface area contributed by atoms with Gasteiger partial charge in [-0.25, -0.2) is 0 Å². The van der Waals surface area contributed by atoms with Crippen LogP contribution in [-0.2, 0) is 42.1 Å². The summed E-state index contributed by atoms with van der Waals surface area (Å²) in [6.07, 6.45) is 8.50. The summed E-state index contributed by atoms with van der Waals surface area (Å²) in [4.78, 5) is 2.12. The molecule has 3 rings (SSSR count). The zero-order valence-electron chi connectivity index (χ0n) is 22.8. The first-order chi connectivity index (χ1) is 17.2. The van der Waals surface area contributed by atoms with E-state index in [4.69, 9.17) is 18.5 Å². The first-order valence-corrected chi connectivity index (χ1v) is 15.8. The van der Waals surface area contributed by atoms with E-state index < -0.39 is 7.60 Å². The summed E-state index contributed by atoms with van der Waals surface area (Å²) < 4.78 is 36.2. The van der Waals surface area contributed by atoms with Crippen LogP contribution in [0.1, 0.15) is 92.7 Å². The first-order valence-electron chi connectivity index (χ1n) is 13.3. The highest BCUT2D eigenvalue weighted by Gasteiger charge is 2.30. The number of ether oxygens (including phenoxy) is 2. The highest BCUT2D eigenvalue weighted by atomic mass is 32.1. The third-order valence-electron chi connectivity index (χ3n) is 6.06. The largest absolute Gasteiger partial charge is 0.348 e. The van der Waals surface area contributed by atoms with E-state index in [2.05, 4.69) is 58.0 Å². The Bertz CT molecular complexity index is 1040. The second-order valence-electron chi connectivity index (χ2n) is 10.1. The second kappa shape index (κ2) is 13.5. The van der Waals surface area contributed by atoms with E-state index in [9.17, 15) is 4.57 Å². The molecule has 200 valence electrons. The molecule has 0 aliphatic carbocycles. The van der Waals surface area contributed by atoms with Gasteiger partial charge in [0, 0.05) is 20.7 Å². The van der Waals surface area contributed by atoms with Gasteiger partial charge in [-0.15, -0.1) is 11.3 Å². The Labute approximate surface area is 221 Å². The van der Waals surface area contributed by atoms with Crippen LogP contribution in [0, 0.1) is 5.41 Å². The summed E-state index contributed by atoms with van der Waals surface area (Å²) in [6.45, 7) is 14.6. The number of hydrogen-bond donors (Lipinski definition) is 0. The van der Waals surface area contributed by atoms with Gasteiger partial charge in [0.05, 0.1) is 32.6 Å². The highest BCUT2D eigenvalue weighted by Crippen LogP contribution is 2.52. The molecule has 5 nitrogen and oxygen atoms in total. The number of hydrogen-bond acceptors (Lipinski definition) is 6. The molecular weight excluding hydrogens is 491 g/mol. The number of benzene rings is 1. The minimum Gasteiger partial charge on any atom is -0.348 e. The van der Waals surface area contributed by atoms with Crippen LogP contribution in [0.3, 0.4) is 0 Å². The van der Waals surface area contributed by atoms with Crippen molar-refractivity contribution in [2.75, 3.05) is 26.4 Å².